The largest absolute Gasteiger partial charge is 0.392 e. The van der Waals surface area contributed by atoms with E-state index in [0.717, 1.165) is 0 Å². The summed E-state index contributed by atoms with van der Waals surface area (Å²) >= 11 is 0. The van der Waals surface area contributed by atoms with Crippen LogP contribution >= 0.6 is 0 Å². The Morgan fingerprint density at radius 1 is 1.33 bits per heavy atom. The number of halogens is 3. The Morgan fingerprint density at radius 3 is 2.79 bits per heavy atom. The van der Waals surface area contributed by atoms with Gasteiger partial charge in [-0.2, -0.15) is 13.2 Å². The van der Waals surface area contributed by atoms with Gasteiger partial charge in [0.1, 0.15) is 5.82 Å². The van der Waals surface area contributed by atoms with Gasteiger partial charge in [-0.3, -0.25) is 9.59 Å². The number of nitrogens with zero attached hydrogens (tertiary/aromatic N) is 3. The zero-order chi connectivity index (χ0) is 17.3. The van der Waals surface area contributed by atoms with Crippen LogP contribution in [0.1, 0.15) is 30.9 Å². The van der Waals surface area contributed by atoms with Crippen molar-refractivity contribution in [3.8, 4) is 0 Å². The van der Waals surface area contributed by atoms with Crippen molar-refractivity contribution in [2.45, 2.75) is 44.9 Å². The fourth-order valence-corrected chi connectivity index (χ4v) is 3.07. The van der Waals surface area contributed by atoms with Gasteiger partial charge < -0.3 is 15.2 Å². The topological polar surface area (TPSA) is 88.9 Å². The summed E-state index contributed by atoms with van der Waals surface area (Å²) in [6, 6.07) is 0. The van der Waals surface area contributed by atoms with Crippen molar-refractivity contribution in [2.24, 2.45) is 11.8 Å². The third-order valence-corrected chi connectivity index (χ3v) is 4.55. The SMILES string of the molecule is O=C1CCC(C(=O)NCc2nnc3n2CCC(C(F)(F)F)C3)CN1. The average molecular weight is 345 g/mol. The molecule has 2 aliphatic heterocycles. The van der Waals surface area contributed by atoms with Crippen molar-refractivity contribution in [2.75, 3.05) is 6.54 Å². The number of hydrogen-bond donors (Lipinski definition) is 2. The molecule has 1 aromatic heterocycles. The molecule has 2 N–H and O–H groups in total. The van der Waals surface area contributed by atoms with Crippen molar-refractivity contribution in [1.82, 2.24) is 25.4 Å². The van der Waals surface area contributed by atoms with Crippen LogP contribution in [0.5, 0.6) is 0 Å². The van der Waals surface area contributed by atoms with Gasteiger partial charge >= 0.3 is 6.18 Å². The third-order valence-electron chi connectivity index (χ3n) is 4.55. The third kappa shape index (κ3) is 3.51. The van der Waals surface area contributed by atoms with Crippen molar-refractivity contribution in [3.63, 3.8) is 0 Å². The molecule has 0 aliphatic carbocycles. The van der Waals surface area contributed by atoms with Crippen LogP contribution in [0.2, 0.25) is 0 Å². The molecule has 7 nitrogen and oxygen atoms in total. The maximum atomic E-state index is 12.8. The molecule has 0 spiro atoms. The van der Waals surface area contributed by atoms with E-state index in [1.165, 1.54) is 0 Å². The van der Waals surface area contributed by atoms with Crippen LogP contribution in [0, 0.1) is 11.8 Å². The first-order valence-corrected chi connectivity index (χ1v) is 7.86. The summed E-state index contributed by atoms with van der Waals surface area (Å²) < 4.78 is 40.0. The van der Waals surface area contributed by atoms with E-state index in [-0.39, 0.29) is 43.7 Å². The lowest BCUT2D eigenvalue weighted by atomic mass is 9.97. The Balaban J connectivity index is 1.57. The van der Waals surface area contributed by atoms with Crippen LogP contribution in [-0.4, -0.2) is 39.3 Å². The Bertz CT molecular complexity index is 633. The van der Waals surface area contributed by atoms with Crippen LogP contribution in [0.4, 0.5) is 13.2 Å². The van der Waals surface area contributed by atoms with Gasteiger partial charge in [0.25, 0.3) is 0 Å². The molecule has 10 heteroatoms. The molecule has 1 saturated heterocycles. The van der Waals surface area contributed by atoms with Gasteiger partial charge in [-0.05, 0) is 12.8 Å². The Kier molecular flexibility index (Phi) is 4.46. The highest BCUT2D eigenvalue weighted by Crippen LogP contribution is 2.34. The van der Waals surface area contributed by atoms with Crippen LogP contribution in [0.25, 0.3) is 0 Å². The normalized spacial score (nSPS) is 24.2. The van der Waals surface area contributed by atoms with Crippen molar-refractivity contribution < 1.29 is 22.8 Å². The lowest BCUT2D eigenvalue weighted by Gasteiger charge is -2.25. The van der Waals surface area contributed by atoms with E-state index >= 15 is 0 Å². The van der Waals surface area contributed by atoms with E-state index in [0.29, 0.717) is 31.0 Å². The monoisotopic (exact) mass is 345 g/mol. The average Bonchev–Trinajstić information content (AvgIpc) is 2.95. The standard InChI is InChI=1S/C14H18F3N5O2/c15-14(16,17)9-3-4-22-10(5-9)20-21-11(22)7-19-13(24)8-1-2-12(23)18-6-8/h8-9H,1-7H2,(H,18,23)(H,19,24). The second-order valence-corrected chi connectivity index (χ2v) is 6.17. The molecule has 24 heavy (non-hydrogen) atoms. The Hall–Kier alpha value is -2.13. The predicted octanol–water partition coefficient (Wildman–Crippen LogP) is 0.545. The minimum Gasteiger partial charge on any atom is -0.355 e. The molecule has 0 radical (unpaired) electrons. The molecule has 0 saturated carbocycles. The number of fused-ring (bicyclic) bond motifs is 1. The second kappa shape index (κ2) is 6.40. The number of rotatable bonds is 3. The fraction of sp³-hybridized carbons (Fsp3) is 0.714. The summed E-state index contributed by atoms with van der Waals surface area (Å²) in [5, 5.41) is 13.1. The number of piperidine rings is 1. The summed E-state index contributed by atoms with van der Waals surface area (Å²) in [6.45, 7) is 0.611. The molecular weight excluding hydrogens is 327 g/mol. The quantitative estimate of drug-likeness (QED) is 0.837. The van der Waals surface area contributed by atoms with Crippen LogP contribution < -0.4 is 10.6 Å². The number of hydrogen-bond acceptors (Lipinski definition) is 4. The first-order chi connectivity index (χ1) is 11.3. The highest BCUT2D eigenvalue weighted by molar-refractivity contribution is 5.83. The van der Waals surface area contributed by atoms with Crippen molar-refractivity contribution >= 4 is 11.8 Å². The van der Waals surface area contributed by atoms with E-state index < -0.39 is 12.1 Å². The van der Waals surface area contributed by atoms with E-state index in [9.17, 15) is 22.8 Å². The summed E-state index contributed by atoms with van der Waals surface area (Å²) in [4.78, 5) is 23.2. The van der Waals surface area contributed by atoms with Crippen LogP contribution in [0.15, 0.2) is 0 Å². The van der Waals surface area contributed by atoms with E-state index in [1.807, 2.05) is 0 Å². The van der Waals surface area contributed by atoms with Crippen LogP contribution in [-0.2, 0) is 29.1 Å². The molecule has 1 aromatic rings. The lowest BCUT2D eigenvalue weighted by Crippen LogP contribution is -2.43. The second-order valence-electron chi connectivity index (χ2n) is 6.17. The van der Waals surface area contributed by atoms with Crippen molar-refractivity contribution in [1.29, 1.82) is 0 Å². The molecule has 2 amide bonds. The number of amides is 2. The summed E-state index contributed by atoms with van der Waals surface area (Å²) in [6.07, 6.45) is -3.61. The van der Waals surface area contributed by atoms with Gasteiger partial charge in [-0.15, -0.1) is 10.2 Å². The van der Waals surface area contributed by atoms with Gasteiger partial charge in [0.15, 0.2) is 5.82 Å². The summed E-state index contributed by atoms with van der Waals surface area (Å²) in [5.74, 6) is -1.18. The summed E-state index contributed by atoms with van der Waals surface area (Å²) in [5.41, 5.74) is 0. The number of carbonyl (C=O) groups excluding carboxylic acids is 2. The van der Waals surface area contributed by atoms with E-state index in [2.05, 4.69) is 20.8 Å². The first kappa shape index (κ1) is 16.7. The minimum atomic E-state index is -4.23. The molecule has 3 rings (SSSR count). The molecule has 2 unspecified atom stereocenters. The molecule has 132 valence electrons. The van der Waals surface area contributed by atoms with Gasteiger partial charge in [-0.1, -0.05) is 0 Å². The van der Waals surface area contributed by atoms with Gasteiger partial charge in [-0.25, -0.2) is 0 Å². The van der Waals surface area contributed by atoms with Crippen molar-refractivity contribution in [3.05, 3.63) is 11.6 Å². The number of nitrogens with one attached hydrogen (secondary N) is 2. The molecular formula is C14H18F3N5O2. The Labute approximate surface area is 136 Å². The number of carbonyl (C=O) groups is 2. The smallest absolute Gasteiger partial charge is 0.355 e. The van der Waals surface area contributed by atoms with E-state index in [4.69, 9.17) is 0 Å². The zero-order valence-electron chi connectivity index (χ0n) is 12.9. The number of alkyl halides is 3. The fourth-order valence-electron chi connectivity index (χ4n) is 3.07. The summed E-state index contributed by atoms with van der Waals surface area (Å²) in [7, 11) is 0. The highest BCUT2D eigenvalue weighted by Gasteiger charge is 2.42. The molecule has 2 aliphatic rings. The lowest BCUT2D eigenvalue weighted by molar-refractivity contribution is -0.179. The van der Waals surface area contributed by atoms with Gasteiger partial charge in [0.05, 0.1) is 18.4 Å². The number of aromatic nitrogens is 3. The molecule has 0 bridgehead atoms. The van der Waals surface area contributed by atoms with Gasteiger partial charge in [0, 0.05) is 25.9 Å². The maximum Gasteiger partial charge on any atom is 0.392 e. The molecule has 1 fully saturated rings. The molecule has 2 atom stereocenters. The molecule has 0 aromatic carbocycles. The minimum absolute atomic E-state index is 0.00978. The zero-order valence-corrected chi connectivity index (χ0v) is 12.9. The van der Waals surface area contributed by atoms with Gasteiger partial charge in [0.2, 0.25) is 11.8 Å². The molecule has 3 heterocycles. The highest BCUT2D eigenvalue weighted by atomic mass is 19.4. The maximum absolute atomic E-state index is 12.8. The first-order valence-electron chi connectivity index (χ1n) is 7.86. The van der Waals surface area contributed by atoms with Crippen LogP contribution in [0.3, 0.4) is 0 Å². The predicted molar refractivity (Wildman–Crippen MR) is 75.5 cm³/mol. The Morgan fingerprint density at radius 2 is 2.12 bits per heavy atom. The van der Waals surface area contributed by atoms with E-state index in [1.54, 1.807) is 4.57 Å².